The molecule has 0 radical (unpaired) electrons. The van der Waals surface area contributed by atoms with Crippen LogP contribution in [0, 0.1) is 11.3 Å². The van der Waals surface area contributed by atoms with E-state index in [1.807, 2.05) is 6.07 Å². The number of hydrogen-bond acceptors (Lipinski definition) is 5. The molecule has 6 nitrogen and oxygen atoms in total. The average Bonchev–Trinajstić information content (AvgIpc) is 3.12. The lowest BCUT2D eigenvalue weighted by atomic mass is 9.93. The smallest absolute Gasteiger partial charge is 0.259 e. The molecule has 6 heteroatoms. The van der Waals surface area contributed by atoms with E-state index in [0.29, 0.717) is 17.4 Å². The molecular weight excluding hydrogens is 268 g/mol. The number of nitriles is 1. The van der Waals surface area contributed by atoms with Gasteiger partial charge in [0.1, 0.15) is 17.4 Å². The molecule has 1 N–H and O–H groups in total. The molecule has 1 aliphatic rings. The van der Waals surface area contributed by atoms with Crippen molar-refractivity contribution in [2.45, 2.75) is 44.1 Å². The summed E-state index contributed by atoms with van der Waals surface area (Å²) in [7, 11) is 1.71. The lowest BCUT2D eigenvalue weighted by Gasteiger charge is -2.27. The minimum absolute atomic E-state index is 0.420. The largest absolute Gasteiger partial charge is 0.370 e. The van der Waals surface area contributed by atoms with Gasteiger partial charge in [0.15, 0.2) is 0 Å². The van der Waals surface area contributed by atoms with Gasteiger partial charge in [0.2, 0.25) is 5.82 Å². The lowest BCUT2D eigenvalue weighted by Crippen LogP contribution is -2.29. The molecule has 0 aliphatic heterocycles. The maximum atomic E-state index is 8.85. The molecule has 1 fully saturated rings. The fourth-order valence-corrected chi connectivity index (χ4v) is 2.93. The van der Waals surface area contributed by atoms with Crippen molar-refractivity contribution < 1.29 is 9.26 Å². The Balaban J connectivity index is 1.90. The minimum Gasteiger partial charge on any atom is -0.370 e. The second-order valence-corrected chi connectivity index (χ2v) is 5.45. The van der Waals surface area contributed by atoms with Crippen molar-refractivity contribution in [2.24, 2.45) is 0 Å². The van der Waals surface area contributed by atoms with Crippen LogP contribution in [-0.4, -0.2) is 22.2 Å². The van der Waals surface area contributed by atoms with Gasteiger partial charge < -0.3 is 14.2 Å². The van der Waals surface area contributed by atoms with Crippen LogP contribution in [0.1, 0.15) is 50.0 Å². The monoisotopic (exact) mass is 286 g/mol. The number of nitrogens with zero attached hydrogens (tertiary/aromatic N) is 3. The highest BCUT2D eigenvalue weighted by Gasteiger charge is 2.37. The minimum atomic E-state index is -0.438. The SMILES string of the molecule is COC1(c2noc(-c3c[nH]c(C#N)c3)n2)CCCCCC1. The zero-order valence-corrected chi connectivity index (χ0v) is 12.1. The Morgan fingerprint density at radius 1 is 1.33 bits per heavy atom. The first-order valence-electron chi connectivity index (χ1n) is 7.26. The van der Waals surface area contributed by atoms with Gasteiger partial charge in [-0.25, -0.2) is 0 Å². The van der Waals surface area contributed by atoms with E-state index < -0.39 is 5.60 Å². The highest BCUT2D eigenvalue weighted by Crippen LogP contribution is 2.38. The molecule has 1 aliphatic carbocycles. The molecule has 0 amide bonds. The third kappa shape index (κ3) is 2.57. The van der Waals surface area contributed by atoms with Crippen LogP contribution in [0.4, 0.5) is 0 Å². The number of ether oxygens (including phenoxy) is 1. The number of nitrogens with one attached hydrogen (secondary N) is 1. The van der Waals surface area contributed by atoms with Crippen molar-refractivity contribution in [3.63, 3.8) is 0 Å². The molecule has 21 heavy (non-hydrogen) atoms. The van der Waals surface area contributed by atoms with Crippen LogP contribution >= 0.6 is 0 Å². The maximum Gasteiger partial charge on any atom is 0.259 e. The van der Waals surface area contributed by atoms with Crippen LogP contribution in [0.2, 0.25) is 0 Å². The maximum absolute atomic E-state index is 8.85. The predicted octanol–water partition coefficient (Wildman–Crippen LogP) is 3.13. The van der Waals surface area contributed by atoms with Crippen LogP contribution in [0.25, 0.3) is 11.5 Å². The lowest BCUT2D eigenvalue weighted by molar-refractivity contribution is -0.0365. The molecule has 3 rings (SSSR count). The number of rotatable bonds is 3. The second kappa shape index (κ2) is 5.70. The summed E-state index contributed by atoms with van der Waals surface area (Å²) in [5.41, 5.74) is 0.762. The molecule has 2 aromatic heterocycles. The van der Waals surface area contributed by atoms with Crippen molar-refractivity contribution >= 4 is 0 Å². The van der Waals surface area contributed by atoms with E-state index in [4.69, 9.17) is 14.5 Å². The number of hydrogen-bond donors (Lipinski definition) is 1. The molecule has 1 saturated carbocycles. The normalized spacial score (nSPS) is 18.1. The number of aromatic amines is 1. The summed E-state index contributed by atoms with van der Waals surface area (Å²) in [5.74, 6) is 1.03. The van der Waals surface area contributed by atoms with Gasteiger partial charge >= 0.3 is 0 Å². The Kier molecular flexibility index (Phi) is 3.76. The van der Waals surface area contributed by atoms with Gasteiger partial charge in [-0.05, 0) is 18.9 Å². The fourth-order valence-electron chi connectivity index (χ4n) is 2.93. The van der Waals surface area contributed by atoms with Gasteiger partial charge in [0, 0.05) is 13.3 Å². The number of methoxy groups -OCH3 is 1. The predicted molar refractivity (Wildman–Crippen MR) is 75.2 cm³/mol. The van der Waals surface area contributed by atoms with Crippen LogP contribution < -0.4 is 0 Å². The zero-order chi connectivity index (χ0) is 14.7. The summed E-state index contributed by atoms with van der Waals surface area (Å²) < 4.78 is 11.1. The summed E-state index contributed by atoms with van der Waals surface area (Å²) in [6.07, 6.45) is 8.19. The van der Waals surface area contributed by atoms with Gasteiger partial charge in [-0.2, -0.15) is 10.2 Å². The quantitative estimate of drug-likeness (QED) is 0.876. The summed E-state index contributed by atoms with van der Waals surface area (Å²) in [4.78, 5) is 7.36. The Bertz CT molecular complexity index is 645. The van der Waals surface area contributed by atoms with Gasteiger partial charge in [0.25, 0.3) is 5.89 Å². The zero-order valence-electron chi connectivity index (χ0n) is 12.1. The second-order valence-electron chi connectivity index (χ2n) is 5.45. The third-order valence-corrected chi connectivity index (χ3v) is 4.19. The topological polar surface area (TPSA) is 87.7 Å². The molecule has 0 atom stereocenters. The van der Waals surface area contributed by atoms with E-state index in [1.165, 1.54) is 12.8 Å². The van der Waals surface area contributed by atoms with Crippen LogP contribution in [0.15, 0.2) is 16.8 Å². The van der Waals surface area contributed by atoms with Gasteiger partial charge in [-0.1, -0.05) is 30.8 Å². The molecule has 2 aromatic rings. The third-order valence-electron chi connectivity index (χ3n) is 4.19. The molecule has 2 heterocycles. The summed E-state index contributed by atoms with van der Waals surface area (Å²) in [5, 5.41) is 13.0. The molecule has 0 saturated heterocycles. The van der Waals surface area contributed by atoms with Crippen molar-refractivity contribution in [3.05, 3.63) is 23.8 Å². The molecule has 110 valence electrons. The Hall–Kier alpha value is -2.13. The van der Waals surface area contributed by atoms with Crippen molar-refractivity contribution in [1.29, 1.82) is 5.26 Å². The van der Waals surface area contributed by atoms with Gasteiger partial charge in [0.05, 0.1) is 5.56 Å². The van der Waals surface area contributed by atoms with Gasteiger partial charge in [-0.15, -0.1) is 0 Å². The van der Waals surface area contributed by atoms with Crippen LogP contribution in [-0.2, 0) is 10.3 Å². The molecule has 0 aromatic carbocycles. The van der Waals surface area contributed by atoms with E-state index in [-0.39, 0.29) is 0 Å². The van der Waals surface area contributed by atoms with E-state index in [0.717, 1.165) is 31.2 Å². The first kappa shape index (κ1) is 13.8. The summed E-state index contributed by atoms with van der Waals surface area (Å²) in [6, 6.07) is 3.74. The van der Waals surface area contributed by atoms with Gasteiger partial charge in [-0.3, -0.25) is 0 Å². The van der Waals surface area contributed by atoms with E-state index in [9.17, 15) is 0 Å². The first-order valence-corrected chi connectivity index (χ1v) is 7.26. The van der Waals surface area contributed by atoms with Crippen molar-refractivity contribution in [1.82, 2.24) is 15.1 Å². The molecular formula is C15H18N4O2. The summed E-state index contributed by atoms with van der Waals surface area (Å²) >= 11 is 0. The fraction of sp³-hybridized carbons (Fsp3) is 0.533. The van der Waals surface area contributed by atoms with Crippen molar-refractivity contribution in [2.75, 3.05) is 7.11 Å². The molecule has 0 bridgehead atoms. The van der Waals surface area contributed by atoms with Crippen LogP contribution in [0.5, 0.6) is 0 Å². The highest BCUT2D eigenvalue weighted by atomic mass is 16.5. The number of aromatic nitrogens is 3. The van der Waals surface area contributed by atoms with Crippen molar-refractivity contribution in [3.8, 4) is 17.5 Å². The Labute approximate surface area is 123 Å². The molecule has 0 spiro atoms. The van der Waals surface area contributed by atoms with Crippen LogP contribution in [0.3, 0.4) is 0 Å². The standard InChI is InChI=1S/C15H18N4O2/c1-20-15(6-4-2-3-5-7-15)14-18-13(21-19-14)11-8-12(9-16)17-10-11/h8,10,17H,2-7H2,1H3. The highest BCUT2D eigenvalue weighted by molar-refractivity contribution is 5.54. The van der Waals surface area contributed by atoms with E-state index in [1.54, 1.807) is 19.4 Å². The Morgan fingerprint density at radius 3 is 2.71 bits per heavy atom. The van der Waals surface area contributed by atoms with E-state index >= 15 is 0 Å². The summed E-state index contributed by atoms with van der Waals surface area (Å²) in [6.45, 7) is 0. The molecule has 0 unspecified atom stereocenters. The average molecular weight is 286 g/mol. The first-order chi connectivity index (χ1) is 10.3. The Morgan fingerprint density at radius 2 is 2.10 bits per heavy atom. The number of H-pyrrole nitrogens is 1. The van der Waals surface area contributed by atoms with E-state index in [2.05, 4.69) is 15.1 Å².